The number of aromatic nitrogens is 2. The number of hydrogen-bond donors (Lipinski definition) is 2. The minimum atomic E-state index is -0.295. The van der Waals surface area contributed by atoms with Crippen molar-refractivity contribution in [2.45, 2.75) is 38.3 Å². The van der Waals surface area contributed by atoms with Crippen molar-refractivity contribution in [2.75, 3.05) is 19.7 Å². The first kappa shape index (κ1) is 19.3. The van der Waals surface area contributed by atoms with Gasteiger partial charge in [-0.25, -0.2) is 4.98 Å². The summed E-state index contributed by atoms with van der Waals surface area (Å²) < 4.78 is 1.73. The predicted octanol–water partition coefficient (Wildman–Crippen LogP) is 1.75. The van der Waals surface area contributed by atoms with Gasteiger partial charge in [0.2, 0.25) is 0 Å². The minimum absolute atomic E-state index is 0.0522. The number of pyridine rings is 1. The van der Waals surface area contributed by atoms with Crippen molar-refractivity contribution in [3.05, 3.63) is 50.3 Å². The smallest absolute Gasteiger partial charge is 0.273 e. The van der Waals surface area contributed by atoms with Crippen LogP contribution in [0.4, 0.5) is 0 Å². The Morgan fingerprint density at radius 1 is 1.39 bits per heavy atom. The largest absolute Gasteiger partial charge is 0.394 e. The van der Waals surface area contributed by atoms with Crippen LogP contribution in [0.1, 0.15) is 59.5 Å². The Morgan fingerprint density at radius 2 is 2.18 bits per heavy atom. The molecule has 4 rings (SSSR count). The average molecular weight is 403 g/mol. The first-order chi connectivity index (χ1) is 13.4. The third-order valence-electron chi connectivity index (χ3n) is 6.02. The highest BCUT2D eigenvalue weighted by Crippen LogP contribution is 2.41. The number of amides is 1. The van der Waals surface area contributed by atoms with Gasteiger partial charge in [0.25, 0.3) is 11.5 Å². The maximum absolute atomic E-state index is 13.1. The number of fused-ring (bicyclic) bond motifs is 4. The van der Waals surface area contributed by atoms with Gasteiger partial charge in [-0.3, -0.25) is 9.59 Å². The molecule has 4 atom stereocenters. The van der Waals surface area contributed by atoms with Gasteiger partial charge in [-0.2, -0.15) is 0 Å². The van der Waals surface area contributed by atoms with Crippen molar-refractivity contribution >= 4 is 17.2 Å². The lowest BCUT2D eigenvalue weighted by atomic mass is 9.78. The third kappa shape index (κ3) is 3.19. The molecule has 7 nitrogen and oxygen atoms in total. The van der Waals surface area contributed by atoms with Crippen LogP contribution in [0.2, 0.25) is 0 Å². The normalized spacial score (nSPS) is 24.9. The molecule has 150 valence electrons. The summed E-state index contributed by atoms with van der Waals surface area (Å²) in [5, 5.41) is 12.5. The number of nitrogens with zero attached hydrogens (tertiary/aromatic N) is 3. The Morgan fingerprint density at radius 3 is 2.89 bits per heavy atom. The second-order valence-electron chi connectivity index (χ2n) is 8.15. The van der Waals surface area contributed by atoms with Crippen LogP contribution in [0.3, 0.4) is 0 Å². The molecule has 0 radical (unpaired) electrons. The highest BCUT2D eigenvalue weighted by Gasteiger charge is 2.42. The van der Waals surface area contributed by atoms with Crippen LogP contribution < -0.4 is 11.3 Å². The van der Waals surface area contributed by atoms with Crippen LogP contribution in [0.15, 0.2) is 28.4 Å². The molecule has 0 aliphatic carbocycles. The molecule has 2 aromatic rings. The van der Waals surface area contributed by atoms with E-state index in [1.165, 1.54) is 17.4 Å². The van der Waals surface area contributed by atoms with Gasteiger partial charge in [0.15, 0.2) is 0 Å². The van der Waals surface area contributed by atoms with E-state index in [0.29, 0.717) is 18.8 Å². The lowest BCUT2D eigenvalue weighted by Gasteiger charge is -2.46. The van der Waals surface area contributed by atoms with Crippen molar-refractivity contribution in [3.63, 3.8) is 0 Å². The summed E-state index contributed by atoms with van der Waals surface area (Å²) >= 11 is 1.43. The number of piperidine rings is 1. The number of likely N-dealkylation sites (tertiary alicyclic amines) is 1. The van der Waals surface area contributed by atoms with E-state index in [1.54, 1.807) is 16.0 Å². The summed E-state index contributed by atoms with van der Waals surface area (Å²) in [7, 11) is 0. The molecule has 2 bridgehead atoms. The van der Waals surface area contributed by atoms with Crippen LogP contribution in [0.25, 0.3) is 0 Å². The molecule has 1 fully saturated rings. The molecule has 8 heteroatoms. The Balaban J connectivity index is 1.61. The van der Waals surface area contributed by atoms with Gasteiger partial charge in [0, 0.05) is 42.1 Å². The molecule has 3 N–H and O–H groups in total. The van der Waals surface area contributed by atoms with Crippen molar-refractivity contribution in [2.24, 2.45) is 17.6 Å². The Bertz CT molecular complexity index is 938. The zero-order chi connectivity index (χ0) is 20.0. The summed E-state index contributed by atoms with van der Waals surface area (Å²) in [4.78, 5) is 31.8. The second kappa shape index (κ2) is 7.42. The number of aliphatic hydroxyl groups is 1. The van der Waals surface area contributed by atoms with Gasteiger partial charge in [-0.15, -0.1) is 11.3 Å². The van der Waals surface area contributed by atoms with Gasteiger partial charge in [0.1, 0.15) is 10.7 Å². The number of carbonyl (C=O) groups is 1. The van der Waals surface area contributed by atoms with Crippen molar-refractivity contribution in [3.8, 4) is 0 Å². The van der Waals surface area contributed by atoms with Gasteiger partial charge in [-0.05, 0) is 18.4 Å². The summed E-state index contributed by atoms with van der Waals surface area (Å²) in [5.74, 6) is 0.298. The Labute approximate surface area is 167 Å². The predicted molar refractivity (Wildman–Crippen MR) is 107 cm³/mol. The van der Waals surface area contributed by atoms with E-state index in [1.807, 2.05) is 24.8 Å². The van der Waals surface area contributed by atoms with Crippen molar-refractivity contribution in [1.82, 2.24) is 14.5 Å². The second-order valence-corrected chi connectivity index (χ2v) is 9.04. The monoisotopic (exact) mass is 402 g/mol. The molecular weight excluding hydrogens is 376 g/mol. The maximum atomic E-state index is 13.1. The first-order valence-corrected chi connectivity index (χ1v) is 10.6. The zero-order valence-electron chi connectivity index (χ0n) is 16.1. The molecule has 2 aliphatic rings. The van der Waals surface area contributed by atoms with Crippen LogP contribution in [-0.2, 0) is 0 Å². The molecule has 2 aliphatic heterocycles. The fourth-order valence-electron chi connectivity index (χ4n) is 4.43. The van der Waals surface area contributed by atoms with Gasteiger partial charge >= 0.3 is 0 Å². The van der Waals surface area contributed by atoms with Crippen LogP contribution in [0.5, 0.6) is 0 Å². The number of hydrogen-bond acceptors (Lipinski definition) is 6. The standard InChI is InChI=1S/C20H26N4O3S/c1-11(2)18(21)19-22-14(10-28-19)20(27)23-7-12-6-13(8-23)16(9-25)24-15(12)4-3-5-17(24)26/h3-5,10-13,16,18,25H,6-9,21H2,1-2H3/t12-,13+,16+,18+/m1/s1. The minimum Gasteiger partial charge on any atom is -0.394 e. The van der Waals surface area contributed by atoms with Gasteiger partial charge in [0.05, 0.1) is 18.7 Å². The Kier molecular flexibility index (Phi) is 5.11. The van der Waals surface area contributed by atoms with E-state index in [0.717, 1.165) is 17.1 Å². The molecule has 0 saturated carbocycles. The summed E-state index contributed by atoms with van der Waals surface area (Å²) in [6.07, 6.45) is 0.874. The highest BCUT2D eigenvalue weighted by atomic mass is 32.1. The number of rotatable bonds is 4. The number of aliphatic hydroxyl groups excluding tert-OH is 1. The highest BCUT2D eigenvalue weighted by molar-refractivity contribution is 7.09. The molecular formula is C20H26N4O3S. The molecule has 28 heavy (non-hydrogen) atoms. The fourth-order valence-corrected chi connectivity index (χ4v) is 5.40. The van der Waals surface area contributed by atoms with E-state index in [9.17, 15) is 14.7 Å². The molecule has 4 heterocycles. The molecule has 0 unspecified atom stereocenters. The Hall–Kier alpha value is -2.03. The molecule has 0 spiro atoms. The SMILES string of the molecule is CC(C)[C@H](N)c1nc(C(=O)N2C[C@H]3C[C@@H](C2)[C@H](CO)n2c3cccc2=O)cs1. The summed E-state index contributed by atoms with van der Waals surface area (Å²) in [5.41, 5.74) is 7.42. The van der Waals surface area contributed by atoms with Crippen LogP contribution >= 0.6 is 11.3 Å². The molecule has 2 aromatic heterocycles. The number of carbonyl (C=O) groups excluding carboxylic acids is 1. The van der Waals surface area contributed by atoms with E-state index in [-0.39, 0.29) is 47.9 Å². The fraction of sp³-hybridized carbons (Fsp3) is 0.550. The number of nitrogens with two attached hydrogens (primary N) is 1. The average Bonchev–Trinajstić information content (AvgIpc) is 3.17. The van der Waals surface area contributed by atoms with Crippen molar-refractivity contribution in [1.29, 1.82) is 0 Å². The van der Waals surface area contributed by atoms with E-state index in [2.05, 4.69) is 4.98 Å². The van der Waals surface area contributed by atoms with Crippen LogP contribution in [-0.4, -0.2) is 45.2 Å². The number of thiazole rings is 1. The molecule has 1 amide bonds. The third-order valence-corrected chi connectivity index (χ3v) is 6.96. The first-order valence-electron chi connectivity index (χ1n) is 9.73. The zero-order valence-corrected chi connectivity index (χ0v) is 16.9. The topological polar surface area (TPSA) is 101 Å². The lowest BCUT2D eigenvalue weighted by Crippen LogP contribution is -2.51. The van der Waals surface area contributed by atoms with Crippen molar-refractivity contribution < 1.29 is 9.90 Å². The summed E-state index contributed by atoms with van der Waals surface area (Å²) in [6.45, 7) is 5.03. The summed E-state index contributed by atoms with van der Waals surface area (Å²) in [6, 6.07) is 4.75. The molecule has 1 saturated heterocycles. The maximum Gasteiger partial charge on any atom is 0.273 e. The quantitative estimate of drug-likeness (QED) is 0.811. The van der Waals surface area contributed by atoms with Gasteiger partial charge in [-0.1, -0.05) is 19.9 Å². The van der Waals surface area contributed by atoms with Crippen LogP contribution in [0, 0.1) is 11.8 Å². The van der Waals surface area contributed by atoms with Gasteiger partial charge < -0.3 is 20.3 Å². The molecule has 0 aromatic carbocycles. The lowest BCUT2D eigenvalue weighted by molar-refractivity contribution is 0.0433. The van der Waals surface area contributed by atoms with E-state index < -0.39 is 0 Å². The van der Waals surface area contributed by atoms with E-state index >= 15 is 0 Å². The van der Waals surface area contributed by atoms with E-state index in [4.69, 9.17) is 5.73 Å².